The second-order valence-corrected chi connectivity index (χ2v) is 6.81. The van der Waals surface area contributed by atoms with Crippen LogP contribution in [0.2, 0.25) is 0 Å². The molecule has 0 radical (unpaired) electrons. The monoisotopic (exact) mass is 475 g/mol. The van der Waals surface area contributed by atoms with Gasteiger partial charge in [-0.15, -0.1) is 24.0 Å². The molecule has 1 aromatic rings. The van der Waals surface area contributed by atoms with Crippen molar-refractivity contribution >= 4 is 41.5 Å². The summed E-state index contributed by atoms with van der Waals surface area (Å²) >= 11 is 0. The van der Waals surface area contributed by atoms with Crippen LogP contribution in [0.15, 0.2) is 17.4 Å². The molecule has 2 fully saturated rings. The van der Waals surface area contributed by atoms with Crippen LogP contribution < -0.4 is 10.2 Å². The zero-order chi connectivity index (χ0) is 17.8. The largest absolute Gasteiger partial charge is 0.357 e. The minimum absolute atomic E-state index is 0. The molecule has 8 nitrogen and oxygen atoms in total. The van der Waals surface area contributed by atoms with Crippen LogP contribution in [0.3, 0.4) is 0 Å². The van der Waals surface area contributed by atoms with Crippen LogP contribution in [-0.4, -0.2) is 83.8 Å². The molecule has 2 saturated heterocycles. The third-order valence-electron chi connectivity index (χ3n) is 4.98. The number of hydrogen-bond donors (Lipinski definition) is 1. The lowest BCUT2D eigenvalue weighted by Crippen LogP contribution is -2.55. The Kier molecular flexibility index (Phi) is 7.69. The molecule has 1 amide bonds. The van der Waals surface area contributed by atoms with Crippen molar-refractivity contribution in [1.29, 1.82) is 0 Å². The zero-order valence-corrected chi connectivity index (χ0v) is 18.2. The Labute approximate surface area is 172 Å². The molecule has 0 aliphatic carbocycles. The summed E-state index contributed by atoms with van der Waals surface area (Å²) in [4.78, 5) is 23.6. The summed E-state index contributed by atoms with van der Waals surface area (Å²) in [5, 5.41) is 7.50. The topological polar surface area (TPSA) is 69.0 Å². The maximum absolute atomic E-state index is 12.6. The first-order valence-electron chi connectivity index (χ1n) is 9.11. The van der Waals surface area contributed by atoms with Gasteiger partial charge in [0.05, 0.1) is 18.4 Å². The van der Waals surface area contributed by atoms with Crippen molar-refractivity contribution in [3.63, 3.8) is 0 Å². The third-order valence-corrected chi connectivity index (χ3v) is 4.98. The van der Waals surface area contributed by atoms with Gasteiger partial charge in [-0.05, 0) is 33.4 Å². The minimum atomic E-state index is 0. The summed E-state index contributed by atoms with van der Waals surface area (Å²) in [5.41, 5.74) is 0.863. The number of nitrogens with one attached hydrogen (secondary N) is 1. The molecule has 9 heteroatoms. The van der Waals surface area contributed by atoms with Crippen molar-refractivity contribution in [2.24, 2.45) is 12.0 Å². The van der Waals surface area contributed by atoms with Crippen molar-refractivity contribution in [3.8, 4) is 0 Å². The van der Waals surface area contributed by atoms with Crippen molar-refractivity contribution in [2.75, 3.05) is 51.2 Å². The summed E-state index contributed by atoms with van der Waals surface area (Å²) in [5.74, 6) is 0.935. The predicted octanol–water partition coefficient (Wildman–Crippen LogP) is 0.746. The Bertz CT molecular complexity index is 632. The highest BCUT2D eigenvalue weighted by molar-refractivity contribution is 14.0. The SMILES string of the molecule is CCNC(=NCC1CCCN1C)N1CCN(c2cnn(C)c2)C(=O)C1.I. The first-order chi connectivity index (χ1) is 12.1. The number of anilines is 1. The molecule has 1 aromatic heterocycles. The van der Waals surface area contributed by atoms with Crippen LogP contribution in [0, 0.1) is 0 Å². The number of rotatable bonds is 4. The first kappa shape index (κ1) is 20.9. The number of likely N-dealkylation sites (tertiary alicyclic amines) is 1. The van der Waals surface area contributed by atoms with Gasteiger partial charge in [-0.25, -0.2) is 0 Å². The molecule has 2 aliphatic rings. The summed E-state index contributed by atoms with van der Waals surface area (Å²) in [6.45, 7) is 6.57. The zero-order valence-electron chi connectivity index (χ0n) is 15.9. The standard InChI is InChI=1S/C17H29N7O.HI/c1-4-18-17(19-10-14-6-5-7-21(14)2)23-8-9-24(16(25)13-23)15-11-20-22(3)12-15;/h11-12,14H,4-10,13H2,1-3H3,(H,18,19);1H. The molecule has 26 heavy (non-hydrogen) atoms. The van der Waals surface area contributed by atoms with Crippen LogP contribution in [0.1, 0.15) is 19.8 Å². The summed E-state index contributed by atoms with van der Waals surface area (Å²) in [7, 11) is 4.02. The Hall–Kier alpha value is -1.36. The highest BCUT2D eigenvalue weighted by Crippen LogP contribution is 2.17. The lowest BCUT2D eigenvalue weighted by Gasteiger charge is -2.35. The third kappa shape index (κ3) is 4.87. The lowest BCUT2D eigenvalue weighted by atomic mass is 10.2. The second-order valence-electron chi connectivity index (χ2n) is 6.81. The van der Waals surface area contributed by atoms with E-state index in [2.05, 4.69) is 34.2 Å². The highest BCUT2D eigenvalue weighted by Gasteiger charge is 2.28. The smallest absolute Gasteiger partial charge is 0.246 e. The molecule has 146 valence electrons. The molecule has 1 unspecified atom stereocenters. The van der Waals surface area contributed by atoms with Gasteiger partial charge in [0.15, 0.2) is 5.96 Å². The van der Waals surface area contributed by atoms with Gasteiger partial charge in [-0.2, -0.15) is 5.10 Å². The van der Waals surface area contributed by atoms with Crippen molar-refractivity contribution in [1.82, 2.24) is 24.9 Å². The van der Waals surface area contributed by atoms with Gasteiger partial charge in [-0.3, -0.25) is 14.5 Å². The number of halogens is 1. The van der Waals surface area contributed by atoms with Gasteiger partial charge in [0.2, 0.25) is 5.91 Å². The normalized spacial score (nSPS) is 21.9. The van der Waals surface area contributed by atoms with Crippen molar-refractivity contribution < 1.29 is 4.79 Å². The molecular formula is C17H30IN7O. The lowest BCUT2D eigenvalue weighted by molar-refractivity contribution is -0.120. The number of aromatic nitrogens is 2. The van der Waals surface area contributed by atoms with Gasteiger partial charge in [0.1, 0.15) is 6.54 Å². The van der Waals surface area contributed by atoms with Gasteiger partial charge >= 0.3 is 0 Å². The molecule has 1 atom stereocenters. The van der Waals surface area contributed by atoms with E-state index in [1.165, 1.54) is 12.8 Å². The number of aryl methyl sites for hydroxylation is 1. The molecule has 3 rings (SSSR count). The average Bonchev–Trinajstić information content (AvgIpc) is 3.20. The molecule has 0 aromatic carbocycles. The van der Waals surface area contributed by atoms with E-state index in [-0.39, 0.29) is 29.9 Å². The van der Waals surface area contributed by atoms with Gasteiger partial charge in [-0.1, -0.05) is 0 Å². The van der Waals surface area contributed by atoms with Crippen LogP contribution in [0.25, 0.3) is 0 Å². The number of hydrogen-bond acceptors (Lipinski definition) is 4. The van der Waals surface area contributed by atoms with E-state index >= 15 is 0 Å². The van der Waals surface area contributed by atoms with Crippen molar-refractivity contribution in [3.05, 3.63) is 12.4 Å². The number of carbonyl (C=O) groups is 1. The van der Waals surface area contributed by atoms with E-state index in [1.807, 2.05) is 13.2 Å². The Morgan fingerprint density at radius 2 is 2.15 bits per heavy atom. The first-order valence-corrected chi connectivity index (χ1v) is 9.11. The van der Waals surface area contributed by atoms with E-state index in [9.17, 15) is 4.79 Å². The highest BCUT2D eigenvalue weighted by atomic mass is 127. The van der Waals surface area contributed by atoms with E-state index in [4.69, 9.17) is 4.99 Å². The molecule has 2 aliphatic heterocycles. The average molecular weight is 475 g/mol. The molecular weight excluding hydrogens is 445 g/mol. The number of nitrogens with zero attached hydrogens (tertiary/aromatic N) is 6. The van der Waals surface area contributed by atoms with Crippen LogP contribution in [-0.2, 0) is 11.8 Å². The van der Waals surface area contributed by atoms with E-state index in [0.29, 0.717) is 19.1 Å². The fourth-order valence-electron chi connectivity index (χ4n) is 3.50. The van der Waals surface area contributed by atoms with Crippen LogP contribution in [0.4, 0.5) is 5.69 Å². The molecule has 0 bridgehead atoms. The number of amides is 1. The maximum atomic E-state index is 12.6. The number of likely N-dealkylation sites (N-methyl/N-ethyl adjacent to an activating group) is 1. The fraction of sp³-hybridized carbons (Fsp3) is 0.706. The van der Waals surface area contributed by atoms with E-state index < -0.39 is 0 Å². The number of carbonyl (C=O) groups excluding carboxylic acids is 1. The minimum Gasteiger partial charge on any atom is -0.357 e. The number of guanidine groups is 1. The fourth-order valence-corrected chi connectivity index (χ4v) is 3.50. The molecule has 0 saturated carbocycles. The molecule has 1 N–H and O–H groups in total. The Morgan fingerprint density at radius 1 is 1.35 bits per heavy atom. The quantitative estimate of drug-likeness (QED) is 0.396. The summed E-state index contributed by atoms with van der Waals surface area (Å²) in [6.07, 6.45) is 6.06. The van der Waals surface area contributed by atoms with E-state index in [0.717, 1.165) is 37.8 Å². The van der Waals surface area contributed by atoms with Crippen molar-refractivity contribution in [2.45, 2.75) is 25.8 Å². The van der Waals surface area contributed by atoms with Crippen LogP contribution in [0.5, 0.6) is 0 Å². The van der Waals surface area contributed by atoms with Gasteiger partial charge in [0, 0.05) is 38.9 Å². The molecule has 0 spiro atoms. The number of aliphatic imine (C=N–C) groups is 1. The Morgan fingerprint density at radius 3 is 2.73 bits per heavy atom. The maximum Gasteiger partial charge on any atom is 0.246 e. The van der Waals surface area contributed by atoms with Gasteiger partial charge in [0.25, 0.3) is 0 Å². The van der Waals surface area contributed by atoms with E-state index in [1.54, 1.807) is 15.8 Å². The predicted molar refractivity (Wildman–Crippen MR) is 114 cm³/mol. The second kappa shape index (κ2) is 9.54. The summed E-state index contributed by atoms with van der Waals surface area (Å²) < 4.78 is 1.72. The number of piperazine rings is 1. The molecule has 3 heterocycles. The van der Waals surface area contributed by atoms with Crippen LogP contribution >= 0.6 is 24.0 Å². The Balaban J connectivity index is 0.00000243. The summed E-state index contributed by atoms with van der Waals surface area (Å²) in [6, 6.07) is 0.515. The van der Waals surface area contributed by atoms with Gasteiger partial charge < -0.3 is 20.0 Å².